The highest BCUT2D eigenvalue weighted by Crippen LogP contribution is 2.24. The third-order valence-corrected chi connectivity index (χ3v) is 6.29. The van der Waals surface area contributed by atoms with E-state index in [-0.39, 0.29) is 18.3 Å². The molecule has 166 valence electrons. The fourth-order valence-corrected chi connectivity index (χ4v) is 3.74. The number of hydrogen-bond acceptors (Lipinski definition) is 8. The van der Waals surface area contributed by atoms with Crippen LogP contribution in [0.4, 0.5) is 14.6 Å². The highest BCUT2D eigenvalue weighted by molar-refractivity contribution is 7.88. The van der Waals surface area contributed by atoms with Gasteiger partial charge in [0.05, 0.1) is 30.9 Å². The van der Waals surface area contributed by atoms with Gasteiger partial charge in [0.2, 0.25) is 10.0 Å². The molecule has 0 radical (unpaired) electrons. The van der Waals surface area contributed by atoms with Crippen LogP contribution >= 0.6 is 0 Å². The Morgan fingerprint density at radius 1 is 1.29 bits per heavy atom. The first-order valence-corrected chi connectivity index (χ1v) is 11.3. The lowest BCUT2D eigenvalue weighted by atomic mass is 10.2. The van der Waals surface area contributed by atoms with Crippen molar-refractivity contribution in [2.75, 3.05) is 44.4 Å². The average Bonchev–Trinajstić information content (AvgIpc) is 3.16. The smallest absolute Gasteiger partial charge is 0.282 e. The first-order valence-electron chi connectivity index (χ1n) is 9.45. The molecule has 0 saturated carbocycles. The minimum Gasteiger partial charge on any atom is -0.373 e. The van der Waals surface area contributed by atoms with Gasteiger partial charge in [0.1, 0.15) is 23.5 Å². The topological polar surface area (TPSA) is 106 Å². The Hall–Kier alpha value is -2.77. The van der Waals surface area contributed by atoms with Crippen molar-refractivity contribution in [3.05, 3.63) is 36.4 Å². The van der Waals surface area contributed by atoms with Crippen molar-refractivity contribution in [3.8, 4) is 11.4 Å². The Kier molecular flexibility index (Phi) is 5.81. The molecule has 0 N–H and O–H groups in total. The van der Waals surface area contributed by atoms with Gasteiger partial charge < -0.3 is 9.64 Å². The van der Waals surface area contributed by atoms with Crippen LogP contribution in [0.2, 0.25) is 0 Å². The van der Waals surface area contributed by atoms with E-state index in [0.29, 0.717) is 42.5 Å². The van der Waals surface area contributed by atoms with Crippen LogP contribution in [0.15, 0.2) is 30.7 Å². The standard InChI is InChI=1S/C18H21F2N7O3S/c1-25(31(2,28)29)9-12-10-26(5-6-30-12)17-7-14(22-11-23-17)15-8-21-16-4-3-13(18(19)20)24-27(15)16/h3-4,7-8,11-12,18H,5-6,9-10H2,1-2H3/t12-/m1/s1. The fraction of sp³-hybridized carbons (Fsp3) is 0.444. The fourth-order valence-electron chi connectivity index (χ4n) is 3.30. The van der Waals surface area contributed by atoms with Crippen molar-refractivity contribution in [1.29, 1.82) is 0 Å². The predicted octanol–water partition coefficient (Wildman–Crippen LogP) is 1.22. The van der Waals surface area contributed by atoms with E-state index in [4.69, 9.17) is 4.74 Å². The molecule has 13 heteroatoms. The maximum atomic E-state index is 13.1. The molecule has 1 aliphatic heterocycles. The van der Waals surface area contributed by atoms with Crippen LogP contribution < -0.4 is 4.90 Å². The molecule has 31 heavy (non-hydrogen) atoms. The SMILES string of the molecule is CN(C[C@@H]1CN(c2cc(-c3cnc4ccc(C(F)F)nn34)ncn2)CCO1)S(C)(=O)=O. The van der Waals surface area contributed by atoms with E-state index < -0.39 is 16.4 Å². The Morgan fingerprint density at radius 2 is 2.10 bits per heavy atom. The van der Waals surface area contributed by atoms with Gasteiger partial charge in [0.15, 0.2) is 5.65 Å². The number of halogens is 2. The highest BCUT2D eigenvalue weighted by Gasteiger charge is 2.26. The Labute approximate surface area is 177 Å². The van der Waals surface area contributed by atoms with Gasteiger partial charge in [-0.1, -0.05) is 0 Å². The lowest BCUT2D eigenvalue weighted by Crippen LogP contribution is -2.48. The summed E-state index contributed by atoms with van der Waals surface area (Å²) in [4.78, 5) is 14.7. The van der Waals surface area contributed by atoms with Gasteiger partial charge in [-0.05, 0) is 12.1 Å². The molecule has 4 rings (SSSR count). The molecule has 3 aromatic heterocycles. The molecule has 1 atom stereocenters. The number of sulfonamides is 1. The number of rotatable bonds is 6. The molecule has 0 spiro atoms. The maximum Gasteiger partial charge on any atom is 0.282 e. The molecule has 4 heterocycles. The Morgan fingerprint density at radius 3 is 2.84 bits per heavy atom. The van der Waals surface area contributed by atoms with Crippen LogP contribution in [0.25, 0.3) is 17.0 Å². The van der Waals surface area contributed by atoms with Gasteiger partial charge in [-0.2, -0.15) is 5.10 Å². The van der Waals surface area contributed by atoms with E-state index in [0.717, 1.165) is 6.26 Å². The molecule has 1 aliphatic rings. The van der Waals surface area contributed by atoms with E-state index in [9.17, 15) is 17.2 Å². The molecule has 0 aliphatic carbocycles. The second kappa shape index (κ2) is 8.40. The Bertz CT molecular complexity index is 1190. The molecule has 3 aromatic rings. The third kappa shape index (κ3) is 4.62. The molecule has 0 amide bonds. The molecule has 10 nitrogen and oxygen atoms in total. The minimum atomic E-state index is -3.31. The molecule has 1 saturated heterocycles. The molecular formula is C18H21F2N7O3S. The number of aromatic nitrogens is 5. The van der Waals surface area contributed by atoms with Crippen LogP contribution in [0.5, 0.6) is 0 Å². The molecule has 0 bridgehead atoms. The largest absolute Gasteiger partial charge is 0.373 e. The van der Waals surface area contributed by atoms with Crippen LogP contribution in [0.3, 0.4) is 0 Å². The van der Waals surface area contributed by atoms with Crippen molar-refractivity contribution < 1.29 is 21.9 Å². The zero-order valence-electron chi connectivity index (χ0n) is 16.9. The lowest BCUT2D eigenvalue weighted by molar-refractivity contribution is 0.0317. The summed E-state index contributed by atoms with van der Waals surface area (Å²) in [5, 5.41) is 3.97. The number of imidazole rings is 1. The van der Waals surface area contributed by atoms with Crippen molar-refractivity contribution in [2.24, 2.45) is 0 Å². The predicted molar refractivity (Wildman–Crippen MR) is 108 cm³/mol. The zero-order valence-corrected chi connectivity index (χ0v) is 17.7. The van der Waals surface area contributed by atoms with Gasteiger partial charge in [-0.3, -0.25) is 0 Å². The van der Waals surface area contributed by atoms with Crippen LogP contribution in [0, 0.1) is 0 Å². The van der Waals surface area contributed by atoms with Gasteiger partial charge in [-0.15, -0.1) is 0 Å². The molecular weight excluding hydrogens is 432 g/mol. The van der Waals surface area contributed by atoms with E-state index in [2.05, 4.69) is 20.1 Å². The van der Waals surface area contributed by atoms with Crippen LogP contribution in [-0.4, -0.2) is 82.9 Å². The maximum absolute atomic E-state index is 13.1. The van der Waals surface area contributed by atoms with Crippen LogP contribution in [0.1, 0.15) is 12.1 Å². The number of likely N-dealkylation sites (N-methyl/N-ethyl adjacent to an activating group) is 1. The molecule has 1 fully saturated rings. The summed E-state index contributed by atoms with van der Waals surface area (Å²) >= 11 is 0. The first kappa shape index (κ1) is 21.5. The summed E-state index contributed by atoms with van der Waals surface area (Å²) < 4.78 is 57.8. The quantitative estimate of drug-likeness (QED) is 0.549. The number of fused-ring (bicyclic) bond motifs is 1. The number of alkyl halides is 2. The first-order chi connectivity index (χ1) is 14.7. The normalized spacial score (nSPS) is 17.7. The van der Waals surface area contributed by atoms with E-state index in [1.165, 1.54) is 40.5 Å². The number of ether oxygens (including phenoxy) is 1. The van der Waals surface area contributed by atoms with Gasteiger partial charge >= 0.3 is 0 Å². The summed E-state index contributed by atoms with van der Waals surface area (Å²) in [7, 11) is -1.81. The van der Waals surface area contributed by atoms with Gasteiger partial charge in [-0.25, -0.2) is 41.0 Å². The highest BCUT2D eigenvalue weighted by atomic mass is 32.2. The average molecular weight is 453 g/mol. The Balaban J connectivity index is 1.59. The summed E-state index contributed by atoms with van der Waals surface area (Å²) in [5.74, 6) is 0.611. The van der Waals surface area contributed by atoms with E-state index in [1.807, 2.05) is 4.90 Å². The second-order valence-electron chi connectivity index (χ2n) is 7.22. The van der Waals surface area contributed by atoms with Crippen LogP contribution in [-0.2, 0) is 14.8 Å². The van der Waals surface area contributed by atoms with Gasteiger partial charge in [0.25, 0.3) is 6.43 Å². The number of morpholine rings is 1. The number of anilines is 1. The van der Waals surface area contributed by atoms with Crippen molar-refractivity contribution >= 4 is 21.5 Å². The number of nitrogens with zero attached hydrogens (tertiary/aromatic N) is 7. The summed E-state index contributed by atoms with van der Waals surface area (Å²) in [6.45, 7) is 1.64. The van der Waals surface area contributed by atoms with Crippen molar-refractivity contribution in [2.45, 2.75) is 12.5 Å². The third-order valence-electron chi connectivity index (χ3n) is 5.01. The zero-order chi connectivity index (χ0) is 22.2. The van der Waals surface area contributed by atoms with Gasteiger partial charge in [0, 0.05) is 32.7 Å². The lowest BCUT2D eigenvalue weighted by Gasteiger charge is -2.35. The van der Waals surface area contributed by atoms with Crippen molar-refractivity contribution in [1.82, 2.24) is 28.9 Å². The second-order valence-corrected chi connectivity index (χ2v) is 9.31. The summed E-state index contributed by atoms with van der Waals surface area (Å²) in [5.41, 5.74) is 1.01. The molecule has 0 unspecified atom stereocenters. The number of hydrogen-bond donors (Lipinski definition) is 0. The van der Waals surface area contributed by atoms with E-state index in [1.54, 1.807) is 6.07 Å². The minimum absolute atomic E-state index is 0.223. The summed E-state index contributed by atoms with van der Waals surface area (Å²) in [6.07, 6.45) is 1.03. The van der Waals surface area contributed by atoms with E-state index >= 15 is 0 Å². The van der Waals surface area contributed by atoms with Crippen molar-refractivity contribution in [3.63, 3.8) is 0 Å². The molecule has 0 aromatic carbocycles. The monoisotopic (exact) mass is 453 g/mol. The summed E-state index contributed by atoms with van der Waals surface area (Å²) in [6, 6.07) is 4.44.